The van der Waals surface area contributed by atoms with Crippen molar-refractivity contribution < 1.29 is 8.78 Å². The lowest BCUT2D eigenvalue weighted by Crippen LogP contribution is -2.39. The second kappa shape index (κ2) is 8.64. The lowest BCUT2D eigenvalue weighted by molar-refractivity contribution is 0.124. The predicted octanol–water partition coefficient (Wildman–Crippen LogP) is 7.55. The van der Waals surface area contributed by atoms with E-state index in [1.165, 1.54) is 82.8 Å². The molecule has 0 atom stereocenters. The van der Waals surface area contributed by atoms with Crippen molar-refractivity contribution in [1.29, 1.82) is 0 Å². The van der Waals surface area contributed by atoms with Crippen molar-refractivity contribution >= 4 is 0 Å². The van der Waals surface area contributed by atoms with E-state index in [1.54, 1.807) is 0 Å². The summed E-state index contributed by atoms with van der Waals surface area (Å²) in [6.45, 7) is 2.27. The van der Waals surface area contributed by atoms with Crippen LogP contribution in [0.3, 0.4) is 0 Å². The van der Waals surface area contributed by atoms with Gasteiger partial charge in [0.2, 0.25) is 0 Å². The zero-order chi connectivity index (χ0) is 17.7. The third kappa shape index (κ3) is 4.26. The van der Waals surface area contributed by atoms with Gasteiger partial charge in [-0.3, -0.25) is 0 Å². The van der Waals surface area contributed by atoms with E-state index in [1.807, 2.05) is 6.07 Å². The van der Waals surface area contributed by atoms with E-state index in [0.29, 0.717) is 5.92 Å². The smallest absolute Gasteiger partial charge is 0.159 e. The first-order chi connectivity index (χ1) is 12.2. The Hall–Kier alpha value is -0.920. The van der Waals surface area contributed by atoms with E-state index >= 15 is 0 Å². The fourth-order valence-corrected chi connectivity index (χ4v) is 5.61. The molecule has 140 valence electrons. The van der Waals surface area contributed by atoms with Crippen LogP contribution in [0.15, 0.2) is 18.2 Å². The minimum atomic E-state index is -0.714. The minimum absolute atomic E-state index is 0.0984. The van der Waals surface area contributed by atoms with Crippen LogP contribution in [-0.4, -0.2) is 0 Å². The van der Waals surface area contributed by atoms with Crippen LogP contribution in [0, 0.1) is 23.5 Å². The highest BCUT2D eigenvalue weighted by molar-refractivity contribution is 5.29. The molecule has 0 unspecified atom stereocenters. The van der Waals surface area contributed by atoms with Crippen LogP contribution in [-0.2, 0) is 5.41 Å². The van der Waals surface area contributed by atoms with Gasteiger partial charge in [0.05, 0.1) is 0 Å². The standard InChI is InChI=1S/C23H34F2/c1-2-3-5-8-18-9-11-19(12-10-18)23(15-6-4-7-16-23)20-13-14-21(24)22(25)17-20/h13-14,17-19H,2-12,15-16H2,1H3/t18-,19-. The van der Waals surface area contributed by atoms with E-state index < -0.39 is 11.6 Å². The van der Waals surface area contributed by atoms with Gasteiger partial charge in [0.1, 0.15) is 0 Å². The molecule has 0 nitrogen and oxygen atoms in total. The molecule has 0 N–H and O–H groups in total. The van der Waals surface area contributed by atoms with Gasteiger partial charge in [0, 0.05) is 0 Å². The van der Waals surface area contributed by atoms with Crippen molar-refractivity contribution in [2.75, 3.05) is 0 Å². The Labute approximate surface area is 152 Å². The van der Waals surface area contributed by atoms with Gasteiger partial charge < -0.3 is 0 Å². The topological polar surface area (TPSA) is 0 Å². The van der Waals surface area contributed by atoms with Crippen LogP contribution in [0.5, 0.6) is 0 Å². The number of halogens is 2. The molecule has 2 aliphatic rings. The van der Waals surface area contributed by atoms with E-state index in [-0.39, 0.29) is 5.41 Å². The lowest BCUT2D eigenvalue weighted by atomic mass is 9.57. The van der Waals surface area contributed by atoms with Gasteiger partial charge in [-0.2, -0.15) is 0 Å². The number of benzene rings is 1. The Balaban J connectivity index is 1.72. The fraction of sp³-hybridized carbons (Fsp3) is 0.739. The largest absolute Gasteiger partial charge is 0.204 e. The Morgan fingerprint density at radius 2 is 1.64 bits per heavy atom. The number of unbranched alkanes of at least 4 members (excludes halogenated alkanes) is 2. The summed E-state index contributed by atoms with van der Waals surface area (Å²) >= 11 is 0. The van der Waals surface area contributed by atoms with Crippen LogP contribution in [0.2, 0.25) is 0 Å². The van der Waals surface area contributed by atoms with Crippen molar-refractivity contribution in [2.24, 2.45) is 11.8 Å². The lowest BCUT2D eigenvalue weighted by Gasteiger charge is -2.47. The Morgan fingerprint density at radius 1 is 0.920 bits per heavy atom. The molecular formula is C23H34F2. The monoisotopic (exact) mass is 348 g/mol. The summed E-state index contributed by atoms with van der Waals surface area (Å²) in [5.41, 5.74) is 1.17. The van der Waals surface area contributed by atoms with Crippen molar-refractivity contribution in [3.8, 4) is 0 Å². The average molecular weight is 349 g/mol. The Kier molecular flexibility index (Phi) is 6.52. The molecule has 0 saturated heterocycles. The zero-order valence-corrected chi connectivity index (χ0v) is 15.8. The highest BCUT2D eigenvalue weighted by atomic mass is 19.2. The first kappa shape index (κ1) is 18.9. The molecule has 0 heterocycles. The fourth-order valence-electron chi connectivity index (χ4n) is 5.61. The molecule has 2 saturated carbocycles. The van der Waals surface area contributed by atoms with Crippen molar-refractivity contribution in [2.45, 2.75) is 95.8 Å². The van der Waals surface area contributed by atoms with Crippen LogP contribution >= 0.6 is 0 Å². The van der Waals surface area contributed by atoms with Gasteiger partial charge in [-0.25, -0.2) is 8.78 Å². The van der Waals surface area contributed by atoms with Crippen molar-refractivity contribution in [3.05, 3.63) is 35.4 Å². The van der Waals surface area contributed by atoms with Crippen LogP contribution < -0.4 is 0 Å². The normalized spacial score (nSPS) is 26.5. The van der Waals surface area contributed by atoms with Crippen molar-refractivity contribution in [1.82, 2.24) is 0 Å². The molecule has 0 amide bonds. The first-order valence-electron chi connectivity index (χ1n) is 10.6. The third-order valence-electron chi connectivity index (χ3n) is 7.08. The molecule has 0 aromatic heterocycles. The number of hydrogen-bond acceptors (Lipinski definition) is 0. The maximum Gasteiger partial charge on any atom is 0.159 e. The molecule has 1 aromatic carbocycles. The van der Waals surface area contributed by atoms with E-state index in [4.69, 9.17) is 0 Å². The van der Waals surface area contributed by atoms with E-state index in [0.717, 1.165) is 24.3 Å². The van der Waals surface area contributed by atoms with Crippen LogP contribution in [0.25, 0.3) is 0 Å². The van der Waals surface area contributed by atoms with Gasteiger partial charge in [0.25, 0.3) is 0 Å². The summed E-state index contributed by atoms with van der Waals surface area (Å²) in [4.78, 5) is 0. The van der Waals surface area contributed by atoms with Gasteiger partial charge in [0.15, 0.2) is 11.6 Å². The molecule has 3 rings (SSSR count). The molecule has 0 radical (unpaired) electrons. The maximum absolute atomic E-state index is 13.9. The molecule has 2 heteroatoms. The molecule has 2 fully saturated rings. The summed E-state index contributed by atoms with van der Waals surface area (Å²) in [6.07, 6.45) is 16.7. The minimum Gasteiger partial charge on any atom is -0.204 e. The Bertz CT molecular complexity index is 537. The predicted molar refractivity (Wildman–Crippen MR) is 101 cm³/mol. The van der Waals surface area contributed by atoms with Gasteiger partial charge in [-0.15, -0.1) is 0 Å². The second-order valence-corrected chi connectivity index (χ2v) is 8.56. The second-order valence-electron chi connectivity index (χ2n) is 8.56. The summed E-state index contributed by atoms with van der Waals surface area (Å²) in [6, 6.07) is 4.72. The van der Waals surface area contributed by atoms with E-state index in [9.17, 15) is 8.78 Å². The highest BCUT2D eigenvalue weighted by Gasteiger charge is 2.42. The first-order valence-corrected chi connectivity index (χ1v) is 10.6. The van der Waals surface area contributed by atoms with Crippen molar-refractivity contribution in [3.63, 3.8) is 0 Å². The third-order valence-corrected chi connectivity index (χ3v) is 7.08. The van der Waals surface area contributed by atoms with Gasteiger partial charge in [-0.1, -0.05) is 70.8 Å². The SMILES string of the molecule is CCCCC[C@H]1CC[C@H](C2(c3ccc(F)c(F)c3)CCCCC2)CC1. The molecule has 0 bridgehead atoms. The molecule has 2 aliphatic carbocycles. The van der Waals surface area contributed by atoms with Gasteiger partial charge >= 0.3 is 0 Å². The maximum atomic E-state index is 13.9. The zero-order valence-electron chi connectivity index (χ0n) is 15.8. The number of rotatable bonds is 6. The van der Waals surface area contributed by atoms with Crippen LogP contribution in [0.4, 0.5) is 8.78 Å². The average Bonchev–Trinajstić information content (AvgIpc) is 2.65. The highest BCUT2D eigenvalue weighted by Crippen LogP contribution is 2.51. The summed E-state index contributed by atoms with van der Waals surface area (Å²) in [5.74, 6) is 0.165. The molecular weight excluding hydrogens is 314 g/mol. The van der Waals surface area contributed by atoms with E-state index in [2.05, 4.69) is 6.92 Å². The quantitative estimate of drug-likeness (QED) is 0.465. The summed E-state index contributed by atoms with van der Waals surface area (Å²) < 4.78 is 27.4. The summed E-state index contributed by atoms with van der Waals surface area (Å²) in [7, 11) is 0. The molecule has 0 aliphatic heterocycles. The van der Waals surface area contributed by atoms with Gasteiger partial charge in [-0.05, 0) is 60.6 Å². The van der Waals surface area contributed by atoms with Crippen LogP contribution in [0.1, 0.15) is 96.0 Å². The number of hydrogen-bond donors (Lipinski definition) is 0. The Morgan fingerprint density at radius 3 is 2.28 bits per heavy atom. The molecule has 25 heavy (non-hydrogen) atoms. The molecule has 1 aromatic rings. The molecule has 0 spiro atoms. The summed E-state index contributed by atoms with van der Waals surface area (Å²) in [5, 5.41) is 0.